The Labute approximate surface area is 130 Å². The third-order valence-electron chi connectivity index (χ3n) is 3.83. The average molecular weight is 326 g/mol. The fraction of sp³-hybridized carbons (Fsp3) is 0.429. The molecule has 1 aliphatic heterocycles. The summed E-state index contributed by atoms with van der Waals surface area (Å²) in [5.41, 5.74) is 1.09. The highest BCUT2D eigenvalue weighted by Crippen LogP contribution is 2.34. The van der Waals surface area contributed by atoms with Crippen LogP contribution in [-0.4, -0.2) is 50.2 Å². The average Bonchev–Trinajstić information content (AvgIpc) is 2.76. The van der Waals surface area contributed by atoms with Gasteiger partial charge in [0.2, 0.25) is 0 Å². The lowest BCUT2D eigenvalue weighted by Gasteiger charge is -2.16. The summed E-state index contributed by atoms with van der Waals surface area (Å²) in [5.74, 6) is -0.454. The zero-order valence-electron chi connectivity index (χ0n) is 11.7. The van der Waals surface area contributed by atoms with Crippen molar-refractivity contribution in [1.82, 2.24) is 9.97 Å². The molecule has 8 heteroatoms. The van der Waals surface area contributed by atoms with E-state index in [-0.39, 0.29) is 10.3 Å². The number of fused-ring (bicyclic) bond motifs is 1. The van der Waals surface area contributed by atoms with E-state index in [1.807, 2.05) is 0 Å². The normalized spacial score (nSPS) is 28.4. The van der Waals surface area contributed by atoms with Crippen LogP contribution in [0, 0.1) is 17.4 Å². The molecule has 3 rings (SSSR count). The van der Waals surface area contributed by atoms with E-state index < -0.39 is 36.8 Å². The molecule has 1 aliphatic rings. The number of aryl methyl sites for hydroxylation is 1. The summed E-state index contributed by atoms with van der Waals surface area (Å²) < 4.78 is 19.4. The molecule has 22 heavy (non-hydrogen) atoms. The summed E-state index contributed by atoms with van der Waals surface area (Å²) in [7, 11) is 0. The van der Waals surface area contributed by atoms with Crippen molar-refractivity contribution in [1.29, 1.82) is 0 Å². The van der Waals surface area contributed by atoms with Gasteiger partial charge in [-0.05, 0) is 19.1 Å². The monoisotopic (exact) mass is 326 g/mol. The maximum absolute atomic E-state index is 13.7. The minimum Gasteiger partial charge on any atom is -0.394 e. The van der Waals surface area contributed by atoms with Crippen molar-refractivity contribution in [3.8, 4) is 0 Å². The molecule has 0 radical (unpaired) electrons. The second-order valence-electron chi connectivity index (χ2n) is 5.31. The molecule has 0 aromatic carbocycles. The van der Waals surface area contributed by atoms with Crippen molar-refractivity contribution in [2.45, 2.75) is 31.3 Å². The SMILES string of the molecule is Cc1nc2[nH]c(=S)c([C@@H]3O[C@H](CO)C(O)[C@@H]3O)cc2cc1F. The van der Waals surface area contributed by atoms with Gasteiger partial charge in [-0.2, -0.15) is 0 Å². The van der Waals surface area contributed by atoms with Crippen LogP contribution in [-0.2, 0) is 4.74 Å². The first-order chi connectivity index (χ1) is 10.4. The molecule has 4 atom stereocenters. The highest BCUT2D eigenvalue weighted by molar-refractivity contribution is 7.71. The number of aromatic nitrogens is 2. The third kappa shape index (κ3) is 2.42. The van der Waals surface area contributed by atoms with Crippen LogP contribution in [0.25, 0.3) is 11.0 Å². The summed E-state index contributed by atoms with van der Waals surface area (Å²) in [6.07, 6.45) is -4.23. The molecule has 2 aromatic rings. The first kappa shape index (κ1) is 15.4. The number of pyridine rings is 2. The van der Waals surface area contributed by atoms with E-state index in [2.05, 4.69) is 9.97 Å². The molecule has 6 nitrogen and oxygen atoms in total. The summed E-state index contributed by atoms with van der Waals surface area (Å²) in [4.78, 5) is 6.95. The molecular formula is C14H15FN2O4S. The number of nitrogens with one attached hydrogen (secondary N) is 1. The number of halogens is 1. The summed E-state index contributed by atoms with van der Waals surface area (Å²) in [5, 5.41) is 29.5. The Morgan fingerprint density at radius 2 is 2.09 bits per heavy atom. The Balaban J connectivity index is 2.10. The highest BCUT2D eigenvalue weighted by atomic mass is 32.1. The van der Waals surface area contributed by atoms with Gasteiger partial charge in [0.05, 0.1) is 12.3 Å². The predicted octanol–water partition coefficient (Wildman–Crippen LogP) is 0.894. The molecular weight excluding hydrogens is 311 g/mol. The van der Waals surface area contributed by atoms with Crippen LogP contribution < -0.4 is 0 Å². The molecule has 0 saturated carbocycles. The largest absolute Gasteiger partial charge is 0.394 e. The first-order valence-corrected chi connectivity index (χ1v) is 7.15. The van der Waals surface area contributed by atoms with E-state index in [1.165, 1.54) is 6.07 Å². The number of ether oxygens (including phenoxy) is 1. The molecule has 1 unspecified atom stereocenters. The summed E-state index contributed by atoms with van der Waals surface area (Å²) in [6.45, 7) is 1.12. The van der Waals surface area contributed by atoms with Crippen molar-refractivity contribution in [2.75, 3.05) is 6.61 Å². The van der Waals surface area contributed by atoms with Crippen LogP contribution in [0.5, 0.6) is 0 Å². The molecule has 1 fully saturated rings. The lowest BCUT2D eigenvalue weighted by Crippen LogP contribution is -2.32. The number of aliphatic hydroxyl groups excluding tert-OH is 3. The molecule has 0 spiro atoms. The Morgan fingerprint density at radius 1 is 1.36 bits per heavy atom. The smallest absolute Gasteiger partial charge is 0.145 e. The molecule has 118 valence electrons. The van der Waals surface area contributed by atoms with Crippen molar-refractivity contribution < 1.29 is 24.4 Å². The summed E-state index contributed by atoms with van der Waals surface area (Å²) >= 11 is 5.23. The standard InChI is InChI=1S/C14H15FN2O4S/c1-5-8(15)3-6-2-7(14(22)17-13(6)16-5)12-11(20)10(19)9(4-18)21-12/h2-3,9-12,18-20H,4H2,1H3,(H,16,17,22)/t9-,10?,11+,12+/m1/s1. The number of aromatic amines is 1. The molecule has 1 saturated heterocycles. The van der Waals surface area contributed by atoms with Gasteiger partial charge in [-0.25, -0.2) is 9.37 Å². The van der Waals surface area contributed by atoms with Gasteiger partial charge in [0.1, 0.15) is 40.5 Å². The summed E-state index contributed by atoms with van der Waals surface area (Å²) in [6, 6.07) is 2.89. The van der Waals surface area contributed by atoms with Gasteiger partial charge in [0.25, 0.3) is 0 Å². The van der Waals surface area contributed by atoms with E-state index >= 15 is 0 Å². The van der Waals surface area contributed by atoms with Gasteiger partial charge in [0, 0.05) is 10.9 Å². The maximum atomic E-state index is 13.7. The van der Waals surface area contributed by atoms with Crippen LogP contribution in [0.1, 0.15) is 17.4 Å². The van der Waals surface area contributed by atoms with Crippen molar-refractivity contribution in [3.05, 3.63) is 33.8 Å². The highest BCUT2D eigenvalue weighted by Gasteiger charge is 2.43. The number of rotatable bonds is 2. The predicted molar refractivity (Wildman–Crippen MR) is 78.3 cm³/mol. The quantitative estimate of drug-likeness (QED) is 0.612. The van der Waals surface area contributed by atoms with Gasteiger partial charge in [-0.3, -0.25) is 0 Å². The molecule has 2 aromatic heterocycles. The van der Waals surface area contributed by atoms with Gasteiger partial charge in [-0.15, -0.1) is 0 Å². The van der Waals surface area contributed by atoms with E-state index in [9.17, 15) is 14.6 Å². The Morgan fingerprint density at radius 3 is 2.73 bits per heavy atom. The number of hydrogen-bond donors (Lipinski definition) is 4. The minimum atomic E-state index is -1.23. The zero-order chi connectivity index (χ0) is 16.0. The Kier molecular flexibility index (Phi) is 3.96. The van der Waals surface area contributed by atoms with Gasteiger partial charge in [-0.1, -0.05) is 12.2 Å². The van der Waals surface area contributed by atoms with Crippen LogP contribution in [0.2, 0.25) is 0 Å². The van der Waals surface area contributed by atoms with E-state index in [0.717, 1.165) is 0 Å². The zero-order valence-corrected chi connectivity index (χ0v) is 12.5. The number of nitrogens with zero attached hydrogens (tertiary/aromatic N) is 1. The molecule has 0 amide bonds. The van der Waals surface area contributed by atoms with Crippen LogP contribution in [0.15, 0.2) is 12.1 Å². The lowest BCUT2D eigenvalue weighted by molar-refractivity contribution is -0.0229. The van der Waals surface area contributed by atoms with Crippen LogP contribution in [0.3, 0.4) is 0 Å². The van der Waals surface area contributed by atoms with Crippen LogP contribution in [0.4, 0.5) is 4.39 Å². The lowest BCUT2D eigenvalue weighted by atomic mass is 10.0. The van der Waals surface area contributed by atoms with E-state index in [4.69, 9.17) is 22.1 Å². The van der Waals surface area contributed by atoms with Crippen molar-refractivity contribution >= 4 is 23.3 Å². The number of H-pyrrole nitrogens is 1. The van der Waals surface area contributed by atoms with Gasteiger partial charge in [0.15, 0.2) is 0 Å². The van der Waals surface area contributed by atoms with Crippen molar-refractivity contribution in [2.24, 2.45) is 0 Å². The number of hydrogen-bond acceptors (Lipinski definition) is 6. The third-order valence-corrected chi connectivity index (χ3v) is 4.17. The topological polar surface area (TPSA) is 98.6 Å². The Hall–Kier alpha value is -1.45. The molecule has 4 N–H and O–H groups in total. The second kappa shape index (κ2) is 5.64. The van der Waals surface area contributed by atoms with Crippen LogP contribution >= 0.6 is 12.2 Å². The first-order valence-electron chi connectivity index (χ1n) is 6.75. The second-order valence-corrected chi connectivity index (χ2v) is 5.71. The minimum absolute atomic E-state index is 0.249. The number of aliphatic hydroxyl groups is 3. The fourth-order valence-corrected chi connectivity index (χ4v) is 2.86. The maximum Gasteiger partial charge on any atom is 0.145 e. The van der Waals surface area contributed by atoms with Crippen molar-refractivity contribution in [3.63, 3.8) is 0 Å². The molecule has 0 bridgehead atoms. The van der Waals surface area contributed by atoms with Gasteiger partial charge >= 0.3 is 0 Å². The Bertz CT molecular complexity index is 781. The van der Waals surface area contributed by atoms with E-state index in [1.54, 1.807) is 13.0 Å². The molecule has 3 heterocycles. The van der Waals surface area contributed by atoms with Gasteiger partial charge < -0.3 is 25.0 Å². The van der Waals surface area contributed by atoms with E-state index in [0.29, 0.717) is 16.6 Å². The fourth-order valence-electron chi connectivity index (χ4n) is 2.59. The molecule has 0 aliphatic carbocycles.